The smallest absolute Gasteiger partial charge is 0.290 e. The molecule has 1 fully saturated rings. The van der Waals surface area contributed by atoms with Crippen molar-refractivity contribution in [2.75, 3.05) is 13.1 Å². The van der Waals surface area contributed by atoms with Crippen LogP contribution < -0.4 is 5.32 Å². The van der Waals surface area contributed by atoms with Crippen LogP contribution in [0.3, 0.4) is 0 Å². The van der Waals surface area contributed by atoms with Gasteiger partial charge in [-0.05, 0) is 61.0 Å². The number of likely N-dealkylation sites (tertiary alicyclic amines) is 1. The average Bonchev–Trinajstić information content (AvgIpc) is 2.68. The molecule has 1 aromatic heterocycles. The van der Waals surface area contributed by atoms with Crippen molar-refractivity contribution >= 4 is 17.7 Å². The minimum Gasteiger partial charge on any atom is -0.348 e. The normalized spacial score (nSPS) is 15.1. The molecule has 2 heterocycles. The van der Waals surface area contributed by atoms with Crippen molar-refractivity contribution in [2.24, 2.45) is 0 Å². The van der Waals surface area contributed by atoms with Gasteiger partial charge in [0.2, 0.25) is 0 Å². The van der Waals surface area contributed by atoms with E-state index in [9.17, 15) is 13.6 Å². The van der Waals surface area contributed by atoms with Gasteiger partial charge in [-0.2, -0.15) is 8.78 Å². The molecule has 4 nitrogen and oxygen atoms in total. The summed E-state index contributed by atoms with van der Waals surface area (Å²) in [5.74, 6) is -3.00. The first-order chi connectivity index (χ1) is 13.1. The second kappa shape index (κ2) is 9.80. The fraction of sp³-hybridized carbons (Fsp3) is 0.400. The van der Waals surface area contributed by atoms with Crippen LogP contribution in [-0.4, -0.2) is 34.6 Å². The van der Waals surface area contributed by atoms with Gasteiger partial charge >= 0.3 is 0 Å². The van der Waals surface area contributed by atoms with Crippen LogP contribution in [0.4, 0.5) is 8.78 Å². The van der Waals surface area contributed by atoms with Crippen molar-refractivity contribution in [3.05, 3.63) is 59.3 Å². The van der Waals surface area contributed by atoms with E-state index in [1.807, 2.05) is 18.2 Å². The highest BCUT2D eigenvalue weighted by Crippen LogP contribution is 2.26. The lowest BCUT2D eigenvalue weighted by Crippen LogP contribution is -2.30. The van der Waals surface area contributed by atoms with Gasteiger partial charge in [0.15, 0.2) is 0 Å². The van der Waals surface area contributed by atoms with Crippen molar-refractivity contribution in [3.63, 3.8) is 0 Å². The number of hydrogen-bond acceptors (Lipinski definition) is 4. The fourth-order valence-electron chi connectivity index (χ4n) is 3.26. The average molecular weight is 391 g/mol. The van der Waals surface area contributed by atoms with E-state index in [2.05, 4.69) is 21.3 Å². The van der Waals surface area contributed by atoms with E-state index in [0.29, 0.717) is 6.54 Å². The SMILES string of the molecule is O=C(NCc1ccccc1CN1CCCCC1)c1cccnc1SC(F)F. The molecule has 0 saturated carbocycles. The van der Waals surface area contributed by atoms with Gasteiger partial charge < -0.3 is 5.32 Å². The maximum absolute atomic E-state index is 12.7. The van der Waals surface area contributed by atoms with E-state index in [1.165, 1.54) is 37.1 Å². The molecule has 0 aliphatic carbocycles. The molecule has 7 heteroatoms. The molecule has 27 heavy (non-hydrogen) atoms. The first-order valence-electron chi connectivity index (χ1n) is 9.10. The third-order valence-electron chi connectivity index (χ3n) is 4.62. The summed E-state index contributed by atoms with van der Waals surface area (Å²) in [6.07, 6.45) is 5.16. The third-order valence-corrected chi connectivity index (χ3v) is 5.34. The minimum absolute atomic E-state index is 0.0478. The van der Waals surface area contributed by atoms with E-state index in [4.69, 9.17) is 0 Å². The number of carbonyl (C=O) groups is 1. The Kier molecular flexibility index (Phi) is 7.18. The van der Waals surface area contributed by atoms with Gasteiger partial charge in [-0.3, -0.25) is 9.69 Å². The fourth-order valence-corrected chi connectivity index (χ4v) is 3.83. The van der Waals surface area contributed by atoms with Gasteiger partial charge in [0.05, 0.1) is 5.56 Å². The second-order valence-corrected chi connectivity index (χ2v) is 7.50. The lowest BCUT2D eigenvalue weighted by Gasteiger charge is -2.27. The molecule has 2 aromatic rings. The van der Waals surface area contributed by atoms with Crippen molar-refractivity contribution in [2.45, 2.75) is 43.1 Å². The molecule has 0 unspecified atom stereocenters. The molecule has 1 aliphatic rings. The Morgan fingerprint density at radius 1 is 1.11 bits per heavy atom. The number of halogens is 2. The predicted octanol–water partition coefficient (Wildman–Crippen LogP) is 4.31. The summed E-state index contributed by atoms with van der Waals surface area (Å²) in [6.45, 7) is 3.43. The molecular formula is C20H23F2N3OS. The number of piperidine rings is 1. The molecule has 1 aromatic carbocycles. The minimum atomic E-state index is -2.61. The van der Waals surface area contributed by atoms with Gasteiger partial charge in [0.25, 0.3) is 11.7 Å². The van der Waals surface area contributed by atoms with E-state index in [-0.39, 0.29) is 28.3 Å². The van der Waals surface area contributed by atoms with Gasteiger partial charge in [0.1, 0.15) is 5.03 Å². The van der Waals surface area contributed by atoms with Crippen LogP contribution in [0.1, 0.15) is 40.7 Å². The number of amides is 1. The number of carbonyl (C=O) groups excluding carboxylic acids is 1. The van der Waals surface area contributed by atoms with Crippen LogP contribution in [0, 0.1) is 0 Å². The first kappa shape index (κ1) is 19.8. The molecule has 1 aliphatic heterocycles. The van der Waals surface area contributed by atoms with E-state index in [0.717, 1.165) is 25.2 Å². The van der Waals surface area contributed by atoms with Crippen molar-refractivity contribution in [3.8, 4) is 0 Å². The molecule has 0 radical (unpaired) electrons. The Morgan fingerprint density at radius 3 is 2.59 bits per heavy atom. The zero-order valence-electron chi connectivity index (χ0n) is 15.0. The van der Waals surface area contributed by atoms with Gasteiger partial charge in [0, 0.05) is 19.3 Å². The van der Waals surface area contributed by atoms with Crippen molar-refractivity contribution < 1.29 is 13.6 Å². The highest BCUT2D eigenvalue weighted by atomic mass is 32.2. The topological polar surface area (TPSA) is 45.2 Å². The molecule has 1 N–H and O–H groups in total. The third kappa shape index (κ3) is 5.74. The van der Waals surface area contributed by atoms with Crippen LogP contribution in [0.2, 0.25) is 0 Å². The standard InChI is InChI=1S/C20H23F2N3OS/c21-20(22)27-19-17(9-6-10-23-19)18(26)24-13-15-7-2-3-8-16(15)14-25-11-4-1-5-12-25/h2-3,6-10,20H,1,4-5,11-14H2,(H,24,26). The molecule has 0 spiro atoms. The van der Waals surface area contributed by atoms with Crippen LogP contribution >= 0.6 is 11.8 Å². The molecule has 1 amide bonds. The Morgan fingerprint density at radius 2 is 1.85 bits per heavy atom. The number of rotatable bonds is 7. The number of alkyl halides is 2. The summed E-state index contributed by atoms with van der Waals surface area (Å²) in [4.78, 5) is 18.8. The Balaban J connectivity index is 1.66. The summed E-state index contributed by atoms with van der Waals surface area (Å²) < 4.78 is 25.4. The van der Waals surface area contributed by atoms with Gasteiger partial charge in [-0.1, -0.05) is 30.7 Å². The summed E-state index contributed by atoms with van der Waals surface area (Å²) in [5, 5.41) is 2.90. The maximum Gasteiger partial charge on any atom is 0.290 e. The van der Waals surface area contributed by atoms with Gasteiger partial charge in [-0.25, -0.2) is 4.98 Å². The van der Waals surface area contributed by atoms with Gasteiger partial charge in [-0.15, -0.1) is 0 Å². The highest BCUT2D eigenvalue weighted by molar-refractivity contribution is 7.99. The number of aromatic nitrogens is 1. The quantitative estimate of drug-likeness (QED) is 0.715. The summed E-state index contributed by atoms with van der Waals surface area (Å²) in [6, 6.07) is 11.1. The van der Waals surface area contributed by atoms with Crippen LogP contribution in [0.25, 0.3) is 0 Å². The maximum atomic E-state index is 12.7. The number of nitrogens with zero attached hydrogens (tertiary/aromatic N) is 2. The summed E-state index contributed by atoms with van der Waals surface area (Å²) in [5.41, 5.74) is 2.41. The van der Waals surface area contributed by atoms with Crippen molar-refractivity contribution in [1.29, 1.82) is 0 Å². The number of nitrogens with one attached hydrogen (secondary N) is 1. The number of pyridine rings is 1. The van der Waals surface area contributed by atoms with Crippen LogP contribution in [-0.2, 0) is 13.1 Å². The zero-order valence-corrected chi connectivity index (χ0v) is 15.9. The first-order valence-corrected chi connectivity index (χ1v) is 9.98. The molecule has 1 saturated heterocycles. The zero-order chi connectivity index (χ0) is 19.1. The Bertz CT molecular complexity index is 766. The van der Waals surface area contributed by atoms with E-state index >= 15 is 0 Å². The molecule has 3 rings (SSSR count). The van der Waals surface area contributed by atoms with Crippen LogP contribution in [0.15, 0.2) is 47.6 Å². The second-order valence-electron chi connectivity index (χ2n) is 6.52. The van der Waals surface area contributed by atoms with E-state index in [1.54, 1.807) is 6.07 Å². The predicted molar refractivity (Wildman–Crippen MR) is 103 cm³/mol. The highest BCUT2D eigenvalue weighted by Gasteiger charge is 2.17. The number of hydrogen-bond donors (Lipinski definition) is 1. The lowest BCUT2D eigenvalue weighted by atomic mass is 10.0. The van der Waals surface area contributed by atoms with E-state index < -0.39 is 5.76 Å². The molecule has 0 atom stereocenters. The monoisotopic (exact) mass is 391 g/mol. The van der Waals surface area contributed by atoms with Crippen molar-refractivity contribution in [1.82, 2.24) is 15.2 Å². The Hall–Kier alpha value is -1.99. The number of benzene rings is 1. The largest absolute Gasteiger partial charge is 0.348 e. The number of thioether (sulfide) groups is 1. The molecular weight excluding hydrogens is 368 g/mol. The summed E-state index contributed by atoms with van der Waals surface area (Å²) >= 11 is 0.290. The van der Waals surface area contributed by atoms with Crippen LogP contribution in [0.5, 0.6) is 0 Å². The summed E-state index contributed by atoms with van der Waals surface area (Å²) in [7, 11) is 0. The molecule has 144 valence electrons. The molecule has 0 bridgehead atoms. The lowest BCUT2D eigenvalue weighted by molar-refractivity contribution is 0.0947. The Labute approximate surface area is 162 Å².